The zero-order valence-corrected chi connectivity index (χ0v) is 11.3. The molecule has 1 saturated heterocycles. The highest BCUT2D eigenvalue weighted by Crippen LogP contribution is 2.31. The van der Waals surface area contributed by atoms with Gasteiger partial charge in [-0.15, -0.1) is 10.2 Å². The lowest BCUT2D eigenvalue weighted by Crippen LogP contribution is -2.48. The van der Waals surface area contributed by atoms with E-state index in [1.54, 1.807) is 6.20 Å². The van der Waals surface area contributed by atoms with Crippen LogP contribution in [0.4, 0.5) is 5.82 Å². The van der Waals surface area contributed by atoms with E-state index in [2.05, 4.69) is 25.4 Å². The lowest BCUT2D eigenvalue weighted by molar-refractivity contribution is -0.0335. The van der Waals surface area contributed by atoms with Crippen LogP contribution in [0.1, 0.15) is 23.9 Å². The third kappa shape index (κ3) is 1.85. The quantitative estimate of drug-likeness (QED) is 0.762. The Morgan fingerprint density at radius 2 is 2.25 bits per heavy atom. The molecule has 2 aromatic heterocycles. The van der Waals surface area contributed by atoms with Crippen molar-refractivity contribution in [3.63, 3.8) is 0 Å². The van der Waals surface area contributed by atoms with Crippen molar-refractivity contribution < 1.29 is 4.74 Å². The van der Waals surface area contributed by atoms with Gasteiger partial charge in [0, 0.05) is 13.1 Å². The summed E-state index contributed by atoms with van der Waals surface area (Å²) in [6, 6.07) is 4.30. The number of anilines is 1. The Kier molecular flexibility index (Phi) is 2.66. The summed E-state index contributed by atoms with van der Waals surface area (Å²) in [6.45, 7) is 4.28. The Labute approximate surface area is 116 Å². The molecule has 0 aliphatic carbocycles. The zero-order chi connectivity index (χ0) is 13.5. The summed E-state index contributed by atoms with van der Waals surface area (Å²) in [5, 5.41) is 16.6. The number of aryl methyl sites for hydroxylation is 1. The molecule has 2 aliphatic rings. The van der Waals surface area contributed by atoms with Gasteiger partial charge >= 0.3 is 0 Å². The average Bonchev–Trinajstić information content (AvgIpc) is 2.96. The maximum atomic E-state index is 5.95. The second-order valence-corrected chi connectivity index (χ2v) is 5.35. The molecule has 104 valence electrons. The van der Waals surface area contributed by atoms with E-state index in [1.165, 1.54) is 0 Å². The molecule has 2 atom stereocenters. The van der Waals surface area contributed by atoms with E-state index in [0.717, 1.165) is 36.7 Å². The van der Waals surface area contributed by atoms with Crippen LogP contribution in [0.5, 0.6) is 0 Å². The Morgan fingerprint density at radius 1 is 1.30 bits per heavy atom. The average molecular weight is 272 g/mol. The van der Waals surface area contributed by atoms with Gasteiger partial charge in [-0.1, -0.05) is 5.21 Å². The van der Waals surface area contributed by atoms with E-state index < -0.39 is 0 Å². The molecule has 2 aliphatic heterocycles. The Hall–Kier alpha value is -2.02. The fraction of sp³-hybridized carbons (Fsp3) is 0.538. The zero-order valence-electron chi connectivity index (χ0n) is 11.3. The van der Waals surface area contributed by atoms with E-state index in [-0.39, 0.29) is 12.1 Å². The van der Waals surface area contributed by atoms with Crippen molar-refractivity contribution in [2.75, 3.05) is 18.0 Å². The predicted molar refractivity (Wildman–Crippen MR) is 71.2 cm³/mol. The number of ether oxygens (including phenoxy) is 1. The molecule has 7 nitrogen and oxygen atoms in total. The van der Waals surface area contributed by atoms with Crippen molar-refractivity contribution in [1.29, 1.82) is 0 Å². The van der Waals surface area contributed by atoms with Gasteiger partial charge in [0.15, 0.2) is 5.82 Å². The van der Waals surface area contributed by atoms with Crippen LogP contribution in [0.3, 0.4) is 0 Å². The van der Waals surface area contributed by atoms with Crippen LogP contribution in [-0.2, 0) is 11.3 Å². The molecule has 0 saturated carbocycles. The molecule has 0 spiro atoms. The molecule has 20 heavy (non-hydrogen) atoms. The lowest BCUT2D eigenvalue weighted by Gasteiger charge is -2.41. The SMILES string of the molecule is Cc1ccc(N2CC[C@H]3[C@H](C2)OCc2cnnn23)nn1. The van der Waals surface area contributed by atoms with Gasteiger partial charge in [-0.25, -0.2) is 4.68 Å². The fourth-order valence-corrected chi connectivity index (χ4v) is 2.96. The highest BCUT2D eigenvalue weighted by molar-refractivity contribution is 5.38. The van der Waals surface area contributed by atoms with E-state index in [0.29, 0.717) is 6.61 Å². The van der Waals surface area contributed by atoms with E-state index in [1.807, 2.05) is 23.7 Å². The molecular weight excluding hydrogens is 256 g/mol. The summed E-state index contributed by atoms with van der Waals surface area (Å²) < 4.78 is 7.97. The Balaban J connectivity index is 1.55. The van der Waals surface area contributed by atoms with Gasteiger partial charge in [-0.3, -0.25) is 0 Å². The minimum Gasteiger partial charge on any atom is -0.368 e. The van der Waals surface area contributed by atoms with Crippen LogP contribution in [0.15, 0.2) is 18.3 Å². The molecule has 0 bridgehead atoms. The lowest BCUT2D eigenvalue weighted by atomic mass is 10.0. The first-order valence-electron chi connectivity index (χ1n) is 6.87. The monoisotopic (exact) mass is 272 g/mol. The highest BCUT2D eigenvalue weighted by atomic mass is 16.5. The highest BCUT2D eigenvalue weighted by Gasteiger charge is 2.36. The van der Waals surface area contributed by atoms with Crippen molar-refractivity contribution >= 4 is 5.82 Å². The minimum absolute atomic E-state index is 0.140. The number of hydrogen-bond donors (Lipinski definition) is 0. The molecule has 0 aromatic carbocycles. The van der Waals surface area contributed by atoms with Gasteiger partial charge in [0.2, 0.25) is 0 Å². The summed E-state index contributed by atoms with van der Waals surface area (Å²) in [7, 11) is 0. The maximum Gasteiger partial charge on any atom is 0.151 e. The van der Waals surface area contributed by atoms with Crippen molar-refractivity contribution in [3.05, 3.63) is 29.7 Å². The van der Waals surface area contributed by atoms with Crippen LogP contribution in [0, 0.1) is 6.92 Å². The summed E-state index contributed by atoms with van der Waals surface area (Å²) in [4.78, 5) is 2.23. The largest absolute Gasteiger partial charge is 0.368 e. The van der Waals surface area contributed by atoms with Gasteiger partial charge in [0.05, 0.1) is 36.3 Å². The standard InChI is InChI=1S/C13H16N6O/c1-9-2-3-13(16-15-9)18-5-4-11-12(7-18)20-8-10-6-14-17-19(10)11/h2-3,6,11-12H,4-5,7-8H2,1H3/t11-,12-/m0/s1. The van der Waals surface area contributed by atoms with E-state index >= 15 is 0 Å². The molecule has 1 fully saturated rings. The molecule has 7 heteroatoms. The molecule has 0 radical (unpaired) electrons. The van der Waals surface area contributed by atoms with Gasteiger partial charge in [-0.05, 0) is 25.5 Å². The number of nitrogens with zero attached hydrogens (tertiary/aromatic N) is 6. The van der Waals surface area contributed by atoms with Crippen LogP contribution < -0.4 is 4.90 Å². The number of aromatic nitrogens is 5. The molecular formula is C13H16N6O. The molecule has 4 rings (SSSR count). The first-order valence-corrected chi connectivity index (χ1v) is 6.87. The topological polar surface area (TPSA) is 69.0 Å². The van der Waals surface area contributed by atoms with Crippen LogP contribution >= 0.6 is 0 Å². The van der Waals surface area contributed by atoms with Crippen molar-refractivity contribution in [3.8, 4) is 0 Å². The van der Waals surface area contributed by atoms with Gasteiger partial charge in [0.1, 0.15) is 0 Å². The number of piperidine rings is 1. The first-order chi connectivity index (χ1) is 9.81. The second-order valence-electron chi connectivity index (χ2n) is 5.35. The number of hydrogen-bond acceptors (Lipinski definition) is 6. The summed E-state index contributed by atoms with van der Waals surface area (Å²) >= 11 is 0. The molecule has 0 N–H and O–H groups in total. The number of rotatable bonds is 1. The van der Waals surface area contributed by atoms with Crippen LogP contribution in [-0.4, -0.2) is 44.4 Å². The fourth-order valence-electron chi connectivity index (χ4n) is 2.96. The summed E-state index contributed by atoms with van der Waals surface area (Å²) in [5.74, 6) is 0.919. The van der Waals surface area contributed by atoms with E-state index in [9.17, 15) is 0 Å². The summed E-state index contributed by atoms with van der Waals surface area (Å²) in [6.07, 6.45) is 2.91. The molecule has 0 unspecified atom stereocenters. The number of fused-ring (bicyclic) bond motifs is 3. The third-order valence-corrected chi connectivity index (χ3v) is 4.04. The maximum absolute atomic E-state index is 5.95. The predicted octanol–water partition coefficient (Wildman–Crippen LogP) is 0.727. The second kappa shape index (κ2) is 4.52. The summed E-state index contributed by atoms with van der Waals surface area (Å²) in [5.41, 5.74) is 2.00. The smallest absolute Gasteiger partial charge is 0.151 e. The molecule has 0 amide bonds. The van der Waals surface area contributed by atoms with Crippen molar-refractivity contribution in [2.24, 2.45) is 0 Å². The third-order valence-electron chi connectivity index (χ3n) is 4.04. The van der Waals surface area contributed by atoms with Crippen LogP contribution in [0.25, 0.3) is 0 Å². The van der Waals surface area contributed by atoms with Crippen LogP contribution in [0.2, 0.25) is 0 Å². The normalized spacial score (nSPS) is 25.1. The van der Waals surface area contributed by atoms with E-state index in [4.69, 9.17) is 4.74 Å². The molecule has 2 aromatic rings. The van der Waals surface area contributed by atoms with Crippen molar-refractivity contribution in [2.45, 2.75) is 32.1 Å². The van der Waals surface area contributed by atoms with Gasteiger partial charge in [0.25, 0.3) is 0 Å². The minimum atomic E-state index is 0.140. The Morgan fingerprint density at radius 3 is 3.10 bits per heavy atom. The molecule has 4 heterocycles. The van der Waals surface area contributed by atoms with Gasteiger partial charge in [-0.2, -0.15) is 5.10 Å². The first kappa shape index (κ1) is 11.8. The van der Waals surface area contributed by atoms with Crippen molar-refractivity contribution in [1.82, 2.24) is 25.2 Å². The Bertz CT molecular complexity index is 610. The van der Waals surface area contributed by atoms with Gasteiger partial charge < -0.3 is 9.64 Å².